The summed E-state index contributed by atoms with van der Waals surface area (Å²) in [6.07, 6.45) is 3.57. The second-order valence-corrected chi connectivity index (χ2v) is 12.3. The van der Waals surface area contributed by atoms with Crippen molar-refractivity contribution >= 4 is 45.4 Å². The largest absolute Gasteiger partial charge is 0.461 e. The first kappa shape index (κ1) is 25.4. The molecule has 0 amide bonds. The van der Waals surface area contributed by atoms with Gasteiger partial charge in [-0.25, -0.2) is 8.78 Å². The molecule has 2 aromatic heterocycles. The predicted molar refractivity (Wildman–Crippen MR) is 153 cm³/mol. The number of hydrogen-bond donors (Lipinski definition) is 2. The lowest BCUT2D eigenvalue weighted by Crippen LogP contribution is -2.51. The number of para-hydroxylation sites is 1. The monoisotopic (exact) mass is 581 g/mol. The lowest BCUT2D eigenvalue weighted by Gasteiger charge is -2.34. The number of nitrogens with two attached hydrogens (primary N) is 1. The summed E-state index contributed by atoms with van der Waals surface area (Å²) >= 11 is 6.80. The fourth-order valence-corrected chi connectivity index (χ4v) is 7.79. The van der Waals surface area contributed by atoms with Gasteiger partial charge >= 0.3 is 6.01 Å². The van der Waals surface area contributed by atoms with E-state index >= 15 is 4.39 Å². The predicted octanol–water partition coefficient (Wildman–Crippen LogP) is 4.71. The Kier molecular flexibility index (Phi) is 5.81. The van der Waals surface area contributed by atoms with E-state index in [9.17, 15) is 4.39 Å². The zero-order chi connectivity index (χ0) is 27.9. The van der Waals surface area contributed by atoms with Gasteiger partial charge in [0.25, 0.3) is 6.01 Å². The maximum atomic E-state index is 16.6. The summed E-state index contributed by atoms with van der Waals surface area (Å²) in [5.74, 6) is -0.00581. The van der Waals surface area contributed by atoms with Crippen molar-refractivity contribution < 1.29 is 17.9 Å². The number of piperazine rings is 1. The third kappa shape index (κ3) is 4.11. The number of anilines is 2. The van der Waals surface area contributed by atoms with Crippen molar-refractivity contribution in [3.63, 3.8) is 0 Å². The Morgan fingerprint density at radius 3 is 2.80 bits per heavy atom. The molecule has 2 aromatic carbocycles. The van der Waals surface area contributed by atoms with Crippen LogP contribution in [0, 0.1) is 5.82 Å². The molecule has 0 saturated carbocycles. The van der Waals surface area contributed by atoms with E-state index in [4.69, 9.17) is 31.5 Å². The molecule has 9 nitrogen and oxygen atoms in total. The van der Waals surface area contributed by atoms with Crippen molar-refractivity contribution in [1.82, 2.24) is 25.2 Å². The summed E-state index contributed by atoms with van der Waals surface area (Å²) < 4.78 is 42.8. The first-order valence-corrected chi connectivity index (χ1v) is 14.6. The maximum absolute atomic E-state index is 16.6. The maximum Gasteiger partial charge on any atom is 0.319 e. The highest BCUT2D eigenvalue weighted by Crippen LogP contribution is 2.43. The minimum absolute atomic E-state index is 0.0128. The van der Waals surface area contributed by atoms with Crippen molar-refractivity contribution in [1.29, 1.82) is 0 Å². The molecule has 4 atom stereocenters. The van der Waals surface area contributed by atoms with Gasteiger partial charge in [-0.15, -0.1) is 0 Å². The fourth-order valence-electron chi connectivity index (χ4n) is 7.50. The molecule has 2 bridgehead atoms. The summed E-state index contributed by atoms with van der Waals surface area (Å²) in [6, 6.07) is 7.66. The molecule has 4 fully saturated rings. The number of aromatic nitrogens is 3. The highest BCUT2D eigenvalue weighted by Gasteiger charge is 2.49. The second-order valence-electron chi connectivity index (χ2n) is 11.9. The minimum atomic E-state index is -0.876. The summed E-state index contributed by atoms with van der Waals surface area (Å²) in [5.41, 5.74) is 7.00. The Bertz CT molecular complexity index is 1670. The van der Waals surface area contributed by atoms with Gasteiger partial charge in [0.05, 0.1) is 10.6 Å². The van der Waals surface area contributed by atoms with Gasteiger partial charge in [-0.2, -0.15) is 15.0 Å². The standard InChI is InChI=1S/C29H30ClF2N7O2/c30-20-9-19-25(23(32)22(20)18-3-1-4-21-24(18)35-27(33)41-21)36-28(37-26(19)38-12-16-5-6-17(13-38)34-16)40-14-29-7-2-8-39(29)11-15(31)10-29/h1,3-4,9,15-17,34H,2,5-8,10-14H2,(H2,33,35)/t15-,16?,17?,29+/m1/s1. The van der Waals surface area contributed by atoms with Crippen LogP contribution in [0.3, 0.4) is 0 Å². The minimum Gasteiger partial charge on any atom is -0.461 e. The molecule has 4 aliphatic heterocycles. The van der Waals surface area contributed by atoms with Crippen LogP contribution in [0.2, 0.25) is 5.02 Å². The number of oxazole rings is 1. The van der Waals surface area contributed by atoms with E-state index in [1.807, 2.05) is 0 Å². The van der Waals surface area contributed by atoms with Crippen molar-refractivity contribution in [3.05, 3.63) is 35.1 Å². The van der Waals surface area contributed by atoms with E-state index in [2.05, 4.69) is 25.1 Å². The highest BCUT2D eigenvalue weighted by atomic mass is 35.5. The van der Waals surface area contributed by atoms with Gasteiger partial charge in [0.15, 0.2) is 11.4 Å². The number of alkyl halides is 1. The number of benzene rings is 2. The summed E-state index contributed by atoms with van der Waals surface area (Å²) in [5, 5.41) is 4.36. The highest BCUT2D eigenvalue weighted by molar-refractivity contribution is 6.34. The van der Waals surface area contributed by atoms with Gasteiger partial charge in [0.1, 0.15) is 29.6 Å². The Hall–Kier alpha value is -3.28. The van der Waals surface area contributed by atoms with Crippen LogP contribution in [0.5, 0.6) is 6.01 Å². The van der Waals surface area contributed by atoms with E-state index in [0.29, 0.717) is 52.9 Å². The molecule has 4 saturated heterocycles. The molecule has 8 rings (SSSR count). The Balaban J connectivity index is 1.26. The number of ether oxygens (including phenoxy) is 1. The Labute approximate surface area is 240 Å². The van der Waals surface area contributed by atoms with Crippen LogP contribution in [0.4, 0.5) is 20.6 Å². The Morgan fingerprint density at radius 2 is 1.98 bits per heavy atom. The molecular formula is C29H30ClF2N7O2. The van der Waals surface area contributed by atoms with Gasteiger partial charge in [-0.3, -0.25) is 4.90 Å². The van der Waals surface area contributed by atoms with E-state index in [1.165, 1.54) is 0 Å². The van der Waals surface area contributed by atoms with Gasteiger partial charge < -0.3 is 25.1 Å². The third-order valence-electron chi connectivity index (χ3n) is 9.29. The van der Waals surface area contributed by atoms with Crippen LogP contribution >= 0.6 is 11.6 Å². The molecule has 214 valence electrons. The number of halogens is 3. The van der Waals surface area contributed by atoms with Crippen LogP contribution < -0.4 is 20.7 Å². The first-order chi connectivity index (χ1) is 19.9. The van der Waals surface area contributed by atoms with E-state index in [1.54, 1.807) is 24.3 Å². The Morgan fingerprint density at radius 1 is 1.15 bits per heavy atom. The van der Waals surface area contributed by atoms with Crippen molar-refractivity contribution in [2.24, 2.45) is 0 Å². The van der Waals surface area contributed by atoms with E-state index in [0.717, 1.165) is 45.3 Å². The molecule has 6 heterocycles. The SMILES string of the molecule is Nc1nc2c(-c3c(Cl)cc4c(N5CC6CCC(C5)N6)nc(OC[C@@]56CCCN5C[C@H](F)C6)nc4c3F)cccc2o1. The average Bonchev–Trinajstić information content (AvgIpc) is 3.69. The molecule has 4 aromatic rings. The molecule has 4 aliphatic rings. The fraction of sp³-hybridized carbons (Fsp3) is 0.483. The molecule has 0 radical (unpaired) electrons. The molecule has 2 unspecified atom stereocenters. The van der Waals surface area contributed by atoms with Crippen LogP contribution in [0.1, 0.15) is 32.1 Å². The first-order valence-electron chi connectivity index (χ1n) is 14.2. The van der Waals surface area contributed by atoms with E-state index < -0.39 is 12.0 Å². The van der Waals surface area contributed by atoms with Gasteiger partial charge in [0.2, 0.25) is 0 Å². The topological polar surface area (TPSA) is 106 Å². The van der Waals surface area contributed by atoms with E-state index in [-0.39, 0.29) is 40.3 Å². The number of hydrogen-bond acceptors (Lipinski definition) is 9. The summed E-state index contributed by atoms with van der Waals surface area (Å²) in [4.78, 5) is 18.1. The molecule has 0 aliphatic carbocycles. The van der Waals surface area contributed by atoms with Crippen LogP contribution in [0.25, 0.3) is 33.1 Å². The van der Waals surface area contributed by atoms with Crippen molar-refractivity contribution in [2.45, 2.75) is 55.9 Å². The molecular weight excluding hydrogens is 552 g/mol. The molecule has 12 heteroatoms. The summed E-state index contributed by atoms with van der Waals surface area (Å²) in [7, 11) is 0. The zero-order valence-corrected chi connectivity index (χ0v) is 23.1. The number of nitrogens with one attached hydrogen (secondary N) is 1. The van der Waals surface area contributed by atoms with Crippen molar-refractivity contribution in [2.75, 3.05) is 43.4 Å². The lowest BCUT2D eigenvalue weighted by molar-refractivity contribution is 0.107. The smallest absolute Gasteiger partial charge is 0.319 e. The van der Waals surface area contributed by atoms with Crippen LogP contribution in [0.15, 0.2) is 28.7 Å². The second kappa shape index (κ2) is 9.37. The number of nitrogen functional groups attached to an aromatic ring is 1. The molecule has 0 spiro atoms. The third-order valence-corrected chi connectivity index (χ3v) is 9.59. The normalized spacial score (nSPS) is 27.8. The number of fused-ring (bicyclic) bond motifs is 5. The molecule has 3 N–H and O–H groups in total. The summed E-state index contributed by atoms with van der Waals surface area (Å²) in [6.45, 7) is 3.01. The van der Waals surface area contributed by atoms with Gasteiger partial charge in [-0.1, -0.05) is 23.7 Å². The van der Waals surface area contributed by atoms with Crippen LogP contribution in [-0.2, 0) is 0 Å². The number of rotatable bonds is 5. The average molecular weight is 582 g/mol. The van der Waals surface area contributed by atoms with Gasteiger partial charge in [-0.05, 0) is 44.4 Å². The van der Waals surface area contributed by atoms with Crippen LogP contribution in [-0.4, -0.2) is 76.4 Å². The lowest BCUT2D eigenvalue weighted by atomic mass is 9.95. The van der Waals surface area contributed by atoms with Crippen molar-refractivity contribution in [3.8, 4) is 17.1 Å². The number of nitrogens with zero attached hydrogens (tertiary/aromatic N) is 5. The quantitative estimate of drug-likeness (QED) is 0.347. The van der Waals surface area contributed by atoms with Gasteiger partial charge in [0, 0.05) is 54.7 Å². The zero-order valence-electron chi connectivity index (χ0n) is 22.4. The molecule has 41 heavy (non-hydrogen) atoms.